The van der Waals surface area contributed by atoms with Gasteiger partial charge in [-0.25, -0.2) is 4.79 Å². The van der Waals surface area contributed by atoms with E-state index < -0.39 is 5.97 Å². The minimum absolute atomic E-state index is 0.304. The molecule has 6 heteroatoms. The third-order valence-electron chi connectivity index (χ3n) is 2.52. The SMILES string of the molecule is Cc1cc(/C=C/C(=O)O)cc(NC(=O)c2ccn[nH]2)c1. The highest BCUT2D eigenvalue weighted by Gasteiger charge is 2.07. The van der Waals surface area contributed by atoms with Gasteiger partial charge in [0.15, 0.2) is 0 Å². The standard InChI is InChI=1S/C14H13N3O3/c1-9-6-10(2-3-13(18)19)8-11(7-9)16-14(20)12-4-5-15-17-12/h2-8H,1H3,(H,15,17)(H,16,20)(H,18,19)/b3-2+. The highest BCUT2D eigenvalue weighted by Crippen LogP contribution is 2.16. The molecule has 1 aromatic heterocycles. The van der Waals surface area contributed by atoms with Gasteiger partial charge in [-0.3, -0.25) is 9.89 Å². The topological polar surface area (TPSA) is 95.1 Å². The average Bonchev–Trinajstić information content (AvgIpc) is 2.89. The molecule has 2 aromatic rings. The molecule has 1 aromatic carbocycles. The fourth-order valence-electron chi connectivity index (χ4n) is 1.73. The number of carbonyl (C=O) groups excluding carboxylic acids is 1. The molecule has 1 amide bonds. The average molecular weight is 271 g/mol. The summed E-state index contributed by atoms with van der Waals surface area (Å²) >= 11 is 0. The molecular formula is C14H13N3O3. The van der Waals surface area contributed by atoms with E-state index in [1.165, 1.54) is 12.3 Å². The molecule has 0 spiro atoms. The van der Waals surface area contributed by atoms with Crippen molar-refractivity contribution in [3.05, 3.63) is 53.4 Å². The van der Waals surface area contributed by atoms with Crippen molar-refractivity contribution in [3.8, 4) is 0 Å². The van der Waals surface area contributed by atoms with Crippen LogP contribution in [0.5, 0.6) is 0 Å². The third-order valence-corrected chi connectivity index (χ3v) is 2.52. The fourth-order valence-corrected chi connectivity index (χ4v) is 1.73. The van der Waals surface area contributed by atoms with Gasteiger partial charge >= 0.3 is 5.97 Å². The second-order valence-electron chi connectivity index (χ2n) is 4.23. The van der Waals surface area contributed by atoms with Crippen molar-refractivity contribution in [1.82, 2.24) is 10.2 Å². The van der Waals surface area contributed by atoms with Crippen LogP contribution in [0.1, 0.15) is 21.6 Å². The summed E-state index contributed by atoms with van der Waals surface area (Å²) in [5, 5.41) is 17.6. The van der Waals surface area contributed by atoms with E-state index in [-0.39, 0.29) is 5.91 Å². The molecule has 0 aliphatic carbocycles. The Balaban J connectivity index is 2.20. The lowest BCUT2D eigenvalue weighted by atomic mass is 10.1. The number of nitrogens with one attached hydrogen (secondary N) is 2. The monoisotopic (exact) mass is 271 g/mol. The first-order valence-electron chi connectivity index (χ1n) is 5.88. The summed E-state index contributed by atoms with van der Waals surface area (Å²) in [6.07, 6.45) is 4.02. The molecule has 102 valence electrons. The Labute approximate surface area is 115 Å². The molecule has 0 aliphatic heterocycles. The highest BCUT2D eigenvalue weighted by atomic mass is 16.4. The molecule has 0 bridgehead atoms. The maximum atomic E-state index is 11.9. The molecule has 20 heavy (non-hydrogen) atoms. The van der Waals surface area contributed by atoms with Gasteiger partial charge < -0.3 is 10.4 Å². The van der Waals surface area contributed by atoms with E-state index in [2.05, 4.69) is 15.5 Å². The summed E-state index contributed by atoms with van der Waals surface area (Å²) < 4.78 is 0. The number of rotatable bonds is 4. The van der Waals surface area contributed by atoms with Crippen LogP contribution in [0.25, 0.3) is 6.08 Å². The van der Waals surface area contributed by atoms with Gasteiger partial charge in [-0.05, 0) is 42.3 Å². The van der Waals surface area contributed by atoms with Crippen molar-refractivity contribution in [3.63, 3.8) is 0 Å². The lowest BCUT2D eigenvalue weighted by Crippen LogP contribution is -2.12. The largest absolute Gasteiger partial charge is 0.478 e. The zero-order valence-electron chi connectivity index (χ0n) is 10.8. The van der Waals surface area contributed by atoms with Crippen LogP contribution in [0.2, 0.25) is 0 Å². The number of carboxylic acids is 1. The summed E-state index contributed by atoms with van der Waals surface area (Å²) in [6.45, 7) is 1.87. The van der Waals surface area contributed by atoms with Gasteiger partial charge in [-0.15, -0.1) is 0 Å². The normalized spacial score (nSPS) is 10.7. The van der Waals surface area contributed by atoms with Crippen molar-refractivity contribution in [2.75, 3.05) is 5.32 Å². The number of aromatic nitrogens is 2. The number of carboxylic acid groups (broad SMARTS) is 1. The van der Waals surface area contributed by atoms with Gasteiger partial charge in [0.25, 0.3) is 5.91 Å². The second kappa shape index (κ2) is 5.83. The number of aliphatic carboxylic acids is 1. The number of amides is 1. The molecule has 0 saturated carbocycles. The molecule has 2 rings (SSSR count). The Morgan fingerprint density at radius 3 is 2.80 bits per heavy atom. The summed E-state index contributed by atoms with van der Waals surface area (Å²) in [5.74, 6) is -1.32. The molecule has 0 fully saturated rings. The first kappa shape index (κ1) is 13.5. The number of nitrogens with zero attached hydrogens (tertiary/aromatic N) is 1. The van der Waals surface area contributed by atoms with E-state index in [0.717, 1.165) is 11.6 Å². The van der Waals surface area contributed by atoms with Gasteiger partial charge in [-0.2, -0.15) is 5.10 Å². The highest BCUT2D eigenvalue weighted by molar-refractivity contribution is 6.03. The Bertz CT molecular complexity index is 660. The summed E-state index contributed by atoms with van der Waals surface area (Å²) in [4.78, 5) is 22.4. The number of carbonyl (C=O) groups is 2. The van der Waals surface area contributed by atoms with Crippen molar-refractivity contribution in [2.45, 2.75) is 6.92 Å². The Morgan fingerprint density at radius 2 is 2.15 bits per heavy atom. The van der Waals surface area contributed by atoms with E-state index in [1.807, 2.05) is 13.0 Å². The predicted octanol–water partition coefficient (Wildman–Crippen LogP) is 2.07. The Kier molecular flexibility index (Phi) is 3.95. The van der Waals surface area contributed by atoms with E-state index in [4.69, 9.17) is 5.11 Å². The lowest BCUT2D eigenvalue weighted by molar-refractivity contribution is -0.131. The van der Waals surface area contributed by atoms with Crippen LogP contribution in [0, 0.1) is 6.92 Å². The van der Waals surface area contributed by atoms with Crippen molar-refractivity contribution in [2.24, 2.45) is 0 Å². The van der Waals surface area contributed by atoms with E-state index in [1.54, 1.807) is 18.2 Å². The van der Waals surface area contributed by atoms with E-state index >= 15 is 0 Å². The minimum Gasteiger partial charge on any atom is -0.478 e. The van der Waals surface area contributed by atoms with Gasteiger partial charge in [0.05, 0.1) is 0 Å². The zero-order chi connectivity index (χ0) is 14.5. The third kappa shape index (κ3) is 3.55. The number of benzene rings is 1. The predicted molar refractivity (Wildman–Crippen MR) is 74.4 cm³/mol. The number of aromatic amines is 1. The molecule has 0 aliphatic rings. The molecule has 6 nitrogen and oxygen atoms in total. The number of hydrogen-bond donors (Lipinski definition) is 3. The molecule has 3 N–H and O–H groups in total. The number of aryl methyl sites for hydroxylation is 1. The minimum atomic E-state index is -1.02. The molecule has 1 heterocycles. The summed E-state index contributed by atoms with van der Waals surface area (Å²) in [6, 6.07) is 6.88. The number of hydrogen-bond acceptors (Lipinski definition) is 3. The van der Waals surface area contributed by atoms with Crippen LogP contribution >= 0.6 is 0 Å². The maximum Gasteiger partial charge on any atom is 0.328 e. The molecule has 0 unspecified atom stereocenters. The van der Waals surface area contributed by atoms with E-state index in [9.17, 15) is 9.59 Å². The first-order chi connectivity index (χ1) is 9.54. The van der Waals surface area contributed by atoms with Crippen molar-refractivity contribution >= 4 is 23.6 Å². The van der Waals surface area contributed by atoms with Gasteiger partial charge in [0.2, 0.25) is 0 Å². The molecule has 0 radical (unpaired) electrons. The summed E-state index contributed by atoms with van der Waals surface area (Å²) in [5.41, 5.74) is 2.56. The fraction of sp³-hybridized carbons (Fsp3) is 0.0714. The molecule has 0 saturated heterocycles. The van der Waals surface area contributed by atoms with Crippen LogP contribution in [0.4, 0.5) is 5.69 Å². The Morgan fingerprint density at radius 1 is 1.35 bits per heavy atom. The maximum absolute atomic E-state index is 11.9. The number of H-pyrrole nitrogens is 1. The van der Waals surface area contributed by atoms with Gasteiger partial charge in [-0.1, -0.05) is 6.07 Å². The van der Waals surface area contributed by atoms with Crippen molar-refractivity contribution in [1.29, 1.82) is 0 Å². The van der Waals surface area contributed by atoms with Crippen LogP contribution in [-0.2, 0) is 4.79 Å². The summed E-state index contributed by atoms with van der Waals surface area (Å²) in [7, 11) is 0. The van der Waals surface area contributed by atoms with Crippen LogP contribution < -0.4 is 5.32 Å². The Hall–Kier alpha value is -2.89. The lowest BCUT2D eigenvalue weighted by Gasteiger charge is -2.06. The second-order valence-corrected chi connectivity index (χ2v) is 4.23. The smallest absolute Gasteiger partial charge is 0.328 e. The first-order valence-corrected chi connectivity index (χ1v) is 5.88. The van der Waals surface area contributed by atoms with Crippen LogP contribution in [0.3, 0.4) is 0 Å². The van der Waals surface area contributed by atoms with E-state index in [0.29, 0.717) is 16.9 Å². The quantitative estimate of drug-likeness (QED) is 0.742. The zero-order valence-corrected chi connectivity index (χ0v) is 10.8. The van der Waals surface area contributed by atoms with Crippen molar-refractivity contribution < 1.29 is 14.7 Å². The van der Waals surface area contributed by atoms with Crippen LogP contribution in [0.15, 0.2) is 36.5 Å². The molecule has 0 atom stereocenters. The van der Waals surface area contributed by atoms with Gasteiger partial charge in [0.1, 0.15) is 5.69 Å². The molecular weight excluding hydrogens is 258 g/mol. The van der Waals surface area contributed by atoms with Gasteiger partial charge in [0, 0.05) is 18.0 Å². The number of anilines is 1. The van der Waals surface area contributed by atoms with Crippen LogP contribution in [-0.4, -0.2) is 27.2 Å².